The van der Waals surface area contributed by atoms with E-state index in [1.165, 1.54) is 80.9 Å². The SMILES string of the molecule is C/C(=C\C(=O)C[C@H]1CCc2cccc3c2N(C1=O)[C@H](C(=O)N[C@@H](CCC(N)=O)[C@@H](C)OCc1ccc(CCCCOc2cc(-c4scnc4C)ccc2CNC(=O)[C@@H]2C[C@@H](O)CN2C(=O)[C@@H](NC(=O)C2(F)CC2)C(C)(C)C)cc1)C3)c1ccc(C(F)(F)P(=O)(OCOC(=O)C(C)(C)C)OCOC(=O)C(C)(C)C)cc1. The van der Waals surface area contributed by atoms with Gasteiger partial charge >= 0.3 is 25.2 Å². The molecule has 0 bridgehead atoms. The quantitative estimate of drug-likeness (QED) is 0.00840. The summed E-state index contributed by atoms with van der Waals surface area (Å²) in [7, 11) is -5.61. The number of aliphatic hydroxyl groups is 1. The molecular weight excluding hydrogens is 1450 g/mol. The number of primary amides is 1. The molecular formula is C80H101F3N7O17PS. The Kier molecular flexibility index (Phi) is 27.2. The van der Waals surface area contributed by atoms with Gasteiger partial charge in [-0.15, -0.1) is 11.3 Å². The van der Waals surface area contributed by atoms with E-state index in [2.05, 4.69) is 20.9 Å². The molecule has 0 unspecified atom stereocenters. The minimum absolute atomic E-state index is 0.0220. The van der Waals surface area contributed by atoms with E-state index in [1.807, 2.05) is 67.6 Å². The van der Waals surface area contributed by atoms with Crippen LogP contribution < -0.4 is 31.3 Å². The Morgan fingerprint density at radius 3 is 2.08 bits per heavy atom. The van der Waals surface area contributed by atoms with E-state index in [0.29, 0.717) is 47.6 Å². The Hall–Kier alpha value is -8.66. The monoisotopic (exact) mass is 1550 g/mol. The highest BCUT2D eigenvalue weighted by Gasteiger charge is 2.57. The number of esters is 2. The summed E-state index contributed by atoms with van der Waals surface area (Å²) in [6.45, 7) is 17.6. The molecule has 2 fully saturated rings. The number of likely N-dealkylation sites (tertiary alicyclic amines) is 1. The number of hydrogen-bond donors (Lipinski definition) is 5. The van der Waals surface area contributed by atoms with E-state index in [1.54, 1.807) is 40.1 Å². The van der Waals surface area contributed by atoms with Crippen molar-refractivity contribution in [1.82, 2.24) is 25.8 Å². The highest BCUT2D eigenvalue weighted by atomic mass is 32.1. The van der Waals surface area contributed by atoms with Gasteiger partial charge < -0.3 is 50.6 Å². The molecule has 3 aliphatic heterocycles. The molecule has 4 aromatic carbocycles. The number of carbonyl (C=O) groups excluding carboxylic acids is 9. The number of unbranched alkanes of at least 4 members (excludes halogenated alkanes) is 1. The van der Waals surface area contributed by atoms with Crippen molar-refractivity contribution in [3.05, 3.63) is 141 Å². The van der Waals surface area contributed by atoms with Gasteiger partial charge in [-0.05, 0) is 170 Å². The van der Waals surface area contributed by atoms with E-state index in [0.717, 1.165) is 63.4 Å². The van der Waals surface area contributed by atoms with Crippen molar-refractivity contribution < 1.29 is 94.0 Å². The Morgan fingerprint density at radius 2 is 1.48 bits per heavy atom. The first kappa shape index (κ1) is 84.4. The zero-order valence-corrected chi connectivity index (χ0v) is 65.6. The molecule has 24 nitrogen and oxygen atoms in total. The number of carbonyl (C=O) groups is 9. The molecule has 1 saturated carbocycles. The molecule has 6 N–H and O–H groups in total. The van der Waals surface area contributed by atoms with Crippen LogP contribution in [0.5, 0.6) is 5.75 Å². The second kappa shape index (κ2) is 35.1. The molecule has 0 radical (unpaired) electrons. The second-order valence-corrected chi connectivity index (χ2v) is 34.7. The van der Waals surface area contributed by atoms with Crippen molar-refractivity contribution in [2.24, 2.45) is 27.9 Å². The minimum Gasteiger partial charge on any atom is -0.493 e. The first-order valence-electron chi connectivity index (χ1n) is 36.8. The zero-order chi connectivity index (χ0) is 79.7. The maximum atomic E-state index is 16.3. The van der Waals surface area contributed by atoms with Crippen molar-refractivity contribution in [2.75, 3.05) is 31.6 Å². The summed E-state index contributed by atoms with van der Waals surface area (Å²) in [6.07, 6.45) is 2.60. The van der Waals surface area contributed by atoms with Crippen LogP contribution in [0.2, 0.25) is 0 Å². The molecule has 1 aromatic heterocycles. The number of anilines is 1. The average Bonchev–Trinajstić information content (AvgIpc) is 1.68. The van der Waals surface area contributed by atoms with Crippen molar-refractivity contribution in [3.63, 3.8) is 0 Å². The number of thiazole rings is 1. The molecule has 5 aromatic rings. The van der Waals surface area contributed by atoms with Crippen LogP contribution >= 0.6 is 18.9 Å². The van der Waals surface area contributed by atoms with Gasteiger partial charge in [-0.2, -0.15) is 8.78 Å². The highest BCUT2D eigenvalue weighted by Crippen LogP contribution is 2.67. The van der Waals surface area contributed by atoms with Crippen molar-refractivity contribution in [3.8, 4) is 16.2 Å². The highest BCUT2D eigenvalue weighted by molar-refractivity contribution is 7.54. The summed E-state index contributed by atoms with van der Waals surface area (Å²) in [5.74, 6) is -5.91. The van der Waals surface area contributed by atoms with E-state index in [-0.39, 0.29) is 71.1 Å². The topological polar surface area (TPSA) is 328 Å². The number of aryl methyl sites for hydroxylation is 3. The lowest BCUT2D eigenvalue weighted by atomic mass is 9.85. The number of amides is 6. The first-order chi connectivity index (χ1) is 51.2. The maximum Gasteiger partial charge on any atom is 0.410 e. The molecule has 590 valence electrons. The minimum atomic E-state index is -5.61. The van der Waals surface area contributed by atoms with Crippen LogP contribution in [0.25, 0.3) is 16.0 Å². The molecule has 1 saturated heterocycles. The van der Waals surface area contributed by atoms with E-state index in [4.69, 9.17) is 33.7 Å². The normalized spacial score (nSPS) is 18.7. The summed E-state index contributed by atoms with van der Waals surface area (Å²) < 4.78 is 94.1. The molecule has 29 heteroatoms. The Labute approximate surface area is 638 Å². The summed E-state index contributed by atoms with van der Waals surface area (Å²) in [5.41, 5.74) is 4.41. The number of allylic oxidation sites excluding steroid dienone is 2. The predicted molar refractivity (Wildman–Crippen MR) is 402 cm³/mol. The molecule has 4 heterocycles. The fourth-order valence-electron chi connectivity index (χ4n) is 13.1. The lowest BCUT2D eigenvalue weighted by Crippen LogP contribution is -2.59. The number of hydrogen-bond acceptors (Lipinski definition) is 19. The number of para-hydroxylation sites is 1. The number of aliphatic hydroxyl groups excluding tert-OH is 1. The number of benzene rings is 4. The van der Waals surface area contributed by atoms with Crippen LogP contribution in [0.1, 0.15) is 179 Å². The lowest BCUT2D eigenvalue weighted by Gasteiger charge is -2.35. The predicted octanol–water partition coefficient (Wildman–Crippen LogP) is 11.7. The number of nitrogens with zero attached hydrogens (tertiary/aromatic N) is 3. The van der Waals surface area contributed by atoms with E-state index in [9.17, 15) is 57.2 Å². The summed E-state index contributed by atoms with van der Waals surface area (Å²) in [6, 6.07) is 19.7. The van der Waals surface area contributed by atoms with Crippen LogP contribution in [0.4, 0.5) is 18.9 Å². The molecule has 1 aliphatic carbocycles. The number of alkyl halides is 3. The van der Waals surface area contributed by atoms with Crippen LogP contribution in [0.3, 0.4) is 0 Å². The molecule has 109 heavy (non-hydrogen) atoms. The molecule has 0 spiro atoms. The third-order valence-corrected chi connectivity index (χ3v) is 22.7. The van der Waals surface area contributed by atoms with Crippen molar-refractivity contribution >= 4 is 83.4 Å². The Bertz CT molecular complexity index is 4220. The maximum absolute atomic E-state index is 16.3. The third-order valence-electron chi connectivity index (χ3n) is 19.9. The number of aromatic nitrogens is 1. The molecule has 6 amide bonds. The fourth-order valence-corrected chi connectivity index (χ4v) is 15.1. The van der Waals surface area contributed by atoms with Gasteiger partial charge in [0.2, 0.25) is 43.1 Å². The third kappa shape index (κ3) is 21.3. The number of β-amino-alcohol motifs (C(OH)–C–C–N with tert-alkyl or cyclic N) is 1. The van der Waals surface area contributed by atoms with Gasteiger partial charge in [-0.1, -0.05) is 99.6 Å². The fraction of sp³-hybridized carbons (Fsp3) is 0.525. The summed E-state index contributed by atoms with van der Waals surface area (Å²) >= 11 is 1.49. The van der Waals surface area contributed by atoms with Gasteiger partial charge in [0.25, 0.3) is 5.91 Å². The van der Waals surface area contributed by atoms with Crippen LogP contribution in [-0.4, -0.2) is 137 Å². The number of halogens is 3. The van der Waals surface area contributed by atoms with Gasteiger partial charge in [0, 0.05) is 55.8 Å². The van der Waals surface area contributed by atoms with Crippen LogP contribution in [0, 0.1) is 29.1 Å². The Balaban J connectivity index is 0.782. The zero-order valence-electron chi connectivity index (χ0n) is 63.9. The summed E-state index contributed by atoms with van der Waals surface area (Å²) in [4.78, 5) is 130. The smallest absolute Gasteiger partial charge is 0.410 e. The summed E-state index contributed by atoms with van der Waals surface area (Å²) in [5, 5.41) is 19.4. The average molecular weight is 1550 g/mol. The van der Waals surface area contributed by atoms with Gasteiger partial charge in [0.1, 0.15) is 23.9 Å². The van der Waals surface area contributed by atoms with Crippen LogP contribution in [0.15, 0.2) is 96.5 Å². The van der Waals surface area contributed by atoms with Gasteiger partial charge in [-0.3, -0.25) is 61.7 Å². The van der Waals surface area contributed by atoms with E-state index >= 15 is 8.78 Å². The first-order valence-corrected chi connectivity index (χ1v) is 39.2. The lowest BCUT2D eigenvalue weighted by molar-refractivity contribution is -0.163. The largest absolute Gasteiger partial charge is 0.493 e. The van der Waals surface area contributed by atoms with Gasteiger partial charge in [0.05, 0.1) is 64.1 Å². The number of nitrogens with one attached hydrogen (secondary N) is 3. The number of nitrogens with two attached hydrogens (primary N) is 1. The molecule has 7 atom stereocenters. The standard InChI is InChI=1S/C80H101F3N7O17PS/c1-47(52-27-29-58(30-28-52)80(82,83)108(101,106-45-104-74(99)77(7,8)9)107-46-105-75(100)78(10,11)12)36-59(91)37-56-25-23-53-17-15-18-54-38-63(90(66(53)54)71(56)96)70(95)87-61(31-32-65(84)93)49(3)103-43-51-21-19-50(20-22-51)16-13-14-35-102-64-39-55(67-48(2)86-44-109-67)24-26-57(64)41-85-69(94)62-40-60(92)42-89(62)72(97)68(76(4,5)6)88-73(98)79(81)33-34-79/h15,17-22,24,26-30,36,39,44,49,56,60-63,68,92H,13-14,16,23,25,31-35,37-38,40-43,45-46H2,1-12H3,(H2,84,93)(H,85,94)(H,87,95)(H,88,98)/b47-36+/t49-,56-,60-,61+,62+,63+,68-/m1/s1. The molecule has 9 rings (SSSR count). The van der Waals surface area contributed by atoms with Crippen molar-refractivity contribution in [1.29, 1.82) is 0 Å². The second-order valence-electron chi connectivity index (χ2n) is 31.8. The Morgan fingerprint density at radius 1 is 0.835 bits per heavy atom. The van der Waals surface area contributed by atoms with Gasteiger partial charge in [0.15, 0.2) is 11.5 Å². The number of ether oxygens (including phenoxy) is 4. The van der Waals surface area contributed by atoms with Crippen LogP contribution in [-0.2, 0) is 109 Å². The number of ketones is 1. The molecule has 4 aliphatic rings. The van der Waals surface area contributed by atoms with Gasteiger partial charge in [-0.25, -0.2) is 9.37 Å². The number of rotatable bonds is 34. The van der Waals surface area contributed by atoms with Crippen molar-refractivity contribution in [2.45, 2.75) is 221 Å². The van der Waals surface area contributed by atoms with E-state index < -0.39 is 150 Å².